The van der Waals surface area contributed by atoms with Crippen LogP contribution in [0.4, 0.5) is 22.0 Å². The van der Waals surface area contributed by atoms with Crippen LogP contribution in [0.5, 0.6) is 0 Å². The monoisotopic (exact) mass is 412 g/mol. The third-order valence-corrected chi connectivity index (χ3v) is 5.67. The first-order valence-electron chi connectivity index (χ1n) is 8.84. The summed E-state index contributed by atoms with van der Waals surface area (Å²) in [4.78, 5) is 0. The lowest BCUT2D eigenvalue weighted by molar-refractivity contribution is -0.250. The molecule has 0 amide bonds. The third kappa shape index (κ3) is 3.65. The first-order valence-corrected chi connectivity index (χ1v) is 12.2. The van der Waals surface area contributed by atoms with Gasteiger partial charge < -0.3 is 4.43 Å². The average Bonchev–Trinajstić information content (AvgIpc) is 3.15. The van der Waals surface area contributed by atoms with Gasteiger partial charge in [0.1, 0.15) is 0 Å². The minimum absolute atomic E-state index is 0.0854. The van der Waals surface area contributed by atoms with Gasteiger partial charge in [0.05, 0.1) is 0 Å². The van der Waals surface area contributed by atoms with E-state index in [2.05, 4.69) is 0 Å². The van der Waals surface area contributed by atoms with Crippen LogP contribution in [0.1, 0.15) is 23.6 Å². The predicted octanol–water partition coefficient (Wildman–Crippen LogP) is 6.88. The molecular weight excluding hydrogens is 391 g/mol. The zero-order valence-corrected chi connectivity index (χ0v) is 17.0. The van der Waals surface area contributed by atoms with Crippen LogP contribution in [-0.2, 0) is 10.0 Å². The largest absolute Gasteiger partial charge is 0.420 e. The second kappa shape index (κ2) is 6.52. The second-order valence-corrected chi connectivity index (χ2v) is 12.4. The van der Waals surface area contributed by atoms with Crippen LogP contribution in [0.2, 0.25) is 19.6 Å². The molecule has 1 aliphatic rings. The molecule has 2 aromatic rings. The lowest BCUT2D eigenvalue weighted by Gasteiger charge is -2.38. The molecule has 0 aromatic heterocycles. The Hall–Kier alpha value is -1.99. The van der Waals surface area contributed by atoms with Crippen molar-refractivity contribution in [2.45, 2.75) is 44.3 Å². The molecule has 0 N–H and O–H groups in total. The number of benzene rings is 2. The molecule has 1 unspecified atom stereocenters. The number of hydrogen-bond donors (Lipinski definition) is 0. The minimum Gasteiger partial charge on any atom is -0.401 e. The normalized spacial score (nSPS) is 18.8. The summed E-state index contributed by atoms with van der Waals surface area (Å²) in [6, 6.07) is 13.3. The maximum absolute atomic E-state index is 14.3. The van der Waals surface area contributed by atoms with Crippen molar-refractivity contribution in [3.63, 3.8) is 0 Å². The zero-order chi connectivity index (χ0) is 21.0. The Morgan fingerprint density at radius 3 is 1.68 bits per heavy atom. The van der Waals surface area contributed by atoms with Crippen LogP contribution in [0, 0.1) is 0 Å². The number of halogens is 5. The highest BCUT2D eigenvalue weighted by Crippen LogP contribution is 2.60. The Morgan fingerprint density at radius 1 is 0.786 bits per heavy atom. The van der Waals surface area contributed by atoms with Gasteiger partial charge in [-0.05, 0) is 43.3 Å². The van der Waals surface area contributed by atoms with E-state index >= 15 is 0 Å². The maximum atomic E-state index is 14.3. The number of alkyl halides is 5. The predicted molar refractivity (Wildman–Crippen MR) is 102 cm³/mol. The highest BCUT2D eigenvalue weighted by atomic mass is 28.4. The van der Waals surface area contributed by atoms with Gasteiger partial charge in [0.25, 0.3) is 0 Å². The number of allylic oxidation sites excluding steroid dienone is 2. The van der Waals surface area contributed by atoms with Gasteiger partial charge in [-0.1, -0.05) is 54.6 Å². The molecule has 1 aliphatic carbocycles. The highest BCUT2D eigenvalue weighted by molar-refractivity contribution is 6.69. The molecule has 7 heteroatoms. The minimum atomic E-state index is -4.63. The molecule has 0 aliphatic heterocycles. The highest BCUT2D eigenvalue weighted by Gasteiger charge is 2.58. The second-order valence-electron chi connectivity index (χ2n) is 8.01. The Bertz CT molecular complexity index is 895. The summed E-state index contributed by atoms with van der Waals surface area (Å²) >= 11 is 0. The van der Waals surface area contributed by atoms with Gasteiger partial charge in [-0.2, -0.15) is 22.0 Å². The van der Waals surface area contributed by atoms with E-state index in [0.29, 0.717) is 5.56 Å². The molecule has 1 atom stereocenters. The van der Waals surface area contributed by atoms with E-state index in [4.69, 9.17) is 4.43 Å². The van der Waals surface area contributed by atoms with Crippen molar-refractivity contribution < 1.29 is 26.4 Å². The standard InChI is InChI=1S/C21H21F5OSi/c1-19(21(24,25)26,27-28(2,3)4)16-12-10-15(11-13-16)18-17(20(18,22)23)14-8-6-5-7-9-14/h5-13H,1-4H3. The van der Waals surface area contributed by atoms with Crippen molar-refractivity contribution in [3.05, 3.63) is 71.3 Å². The molecule has 0 saturated carbocycles. The number of rotatable bonds is 5. The van der Waals surface area contributed by atoms with E-state index < -0.39 is 26.0 Å². The van der Waals surface area contributed by atoms with Crippen molar-refractivity contribution in [3.8, 4) is 0 Å². The first kappa shape index (κ1) is 20.7. The third-order valence-electron chi connectivity index (χ3n) is 4.65. The van der Waals surface area contributed by atoms with Gasteiger partial charge in [0.2, 0.25) is 0 Å². The fourth-order valence-corrected chi connectivity index (χ4v) is 4.80. The van der Waals surface area contributed by atoms with Crippen molar-refractivity contribution in [1.29, 1.82) is 0 Å². The summed E-state index contributed by atoms with van der Waals surface area (Å²) < 4.78 is 75.4. The van der Waals surface area contributed by atoms with E-state index in [0.717, 1.165) is 6.92 Å². The van der Waals surface area contributed by atoms with Crippen LogP contribution < -0.4 is 0 Å². The lowest BCUT2D eigenvalue weighted by Crippen LogP contribution is -2.48. The van der Waals surface area contributed by atoms with E-state index in [9.17, 15) is 22.0 Å². The van der Waals surface area contributed by atoms with Crippen LogP contribution in [0.3, 0.4) is 0 Å². The smallest absolute Gasteiger partial charge is 0.401 e. The molecule has 0 fully saturated rings. The van der Waals surface area contributed by atoms with Crippen molar-refractivity contribution in [2.24, 2.45) is 0 Å². The van der Waals surface area contributed by atoms with Crippen LogP contribution in [-0.4, -0.2) is 20.4 Å². The Balaban J connectivity index is 1.98. The van der Waals surface area contributed by atoms with E-state index in [1.165, 1.54) is 24.3 Å². The van der Waals surface area contributed by atoms with Gasteiger partial charge in [-0.25, -0.2) is 0 Å². The fourth-order valence-electron chi connectivity index (χ4n) is 3.34. The maximum Gasteiger partial charge on any atom is 0.420 e. The van der Waals surface area contributed by atoms with Crippen LogP contribution in [0.25, 0.3) is 11.1 Å². The summed E-state index contributed by atoms with van der Waals surface area (Å²) in [6.45, 7) is 6.01. The summed E-state index contributed by atoms with van der Waals surface area (Å²) in [6.07, 6.45) is -4.63. The molecule has 0 spiro atoms. The summed E-state index contributed by atoms with van der Waals surface area (Å²) in [7, 11) is -2.54. The summed E-state index contributed by atoms with van der Waals surface area (Å²) in [5, 5.41) is 0. The molecule has 2 aromatic carbocycles. The molecule has 0 heterocycles. The van der Waals surface area contributed by atoms with Crippen molar-refractivity contribution in [1.82, 2.24) is 0 Å². The van der Waals surface area contributed by atoms with Gasteiger partial charge in [-0.15, -0.1) is 0 Å². The summed E-state index contributed by atoms with van der Waals surface area (Å²) in [5.41, 5.74) is -2.20. The van der Waals surface area contributed by atoms with E-state index in [-0.39, 0.29) is 22.3 Å². The van der Waals surface area contributed by atoms with Gasteiger partial charge in [0.15, 0.2) is 13.9 Å². The van der Waals surface area contributed by atoms with Gasteiger partial charge in [0, 0.05) is 11.1 Å². The fraction of sp³-hybridized carbons (Fsp3) is 0.333. The molecule has 0 saturated heterocycles. The molecule has 1 nitrogen and oxygen atoms in total. The molecule has 28 heavy (non-hydrogen) atoms. The molecule has 0 radical (unpaired) electrons. The molecule has 0 bridgehead atoms. The SMILES string of the molecule is CC(O[Si](C)(C)C)(c1ccc(C2=C(c3ccccc3)C2(F)F)cc1)C(F)(F)F. The Labute approximate surface area is 162 Å². The van der Waals surface area contributed by atoms with Crippen molar-refractivity contribution in [2.75, 3.05) is 0 Å². The topological polar surface area (TPSA) is 9.23 Å². The Morgan fingerprint density at radius 2 is 1.25 bits per heavy atom. The zero-order valence-electron chi connectivity index (χ0n) is 16.0. The number of hydrogen-bond acceptors (Lipinski definition) is 1. The molecule has 3 rings (SSSR count). The van der Waals surface area contributed by atoms with E-state index in [1.807, 2.05) is 0 Å². The van der Waals surface area contributed by atoms with Crippen LogP contribution >= 0.6 is 0 Å². The summed E-state index contributed by atoms with van der Waals surface area (Å²) in [5.74, 6) is -3.08. The molecular formula is C21H21F5OSi. The Kier molecular flexibility index (Phi) is 4.83. The quantitative estimate of drug-likeness (QED) is 0.384. The van der Waals surface area contributed by atoms with Gasteiger partial charge in [-0.3, -0.25) is 0 Å². The van der Waals surface area contributed by atoms with Crippen LogP contribution in [0.15, 0.2) is 54.6 Å². The molecule has 150 valence electrons. The first-order chi connectivity index (χ1) is 12.8. The van der Waals surface area contributed by atoms with Crippen molar-refractivity contribution >= 4 is 19.5 Å². The van der Waals surface area contributed by atoms with E-state index in [1.54, 1.807) is 50.0 Å². The lowest BCUT2D eigenvalue weighted by atomic mass is 9.94. The van der Waals surface area contributed by atoms with Gasteiger partial charge >= 0.3 is 12.1 Å². The average molecular weight is 412 g/mol.